The van der Waals surface area contributed by atoms with Gasteiger partial charge in [-0.2, -0.15) is 0 Å². The second-order valence-electron chi connectivity index (χ2n) is 7.32. The van der Waals surface area contributed by atoms with E-state index in [9.17, 15) is 14.9 Å². The summed E-state index contributed by atoms with van der Waals surface area (Å²) in [5, 5.41) is 10.9. The Hall–Kier alpha value is -2.73. The molecule has 28 heavy (non-hydrogen) atoms. The monoisotopic (exact) mass is 381 g/mol. The zero-order valence-corrected chi connectivity index (χ0v) is 16.3. The van der Waals surface area contributed by atoms with E-state index >= 15 is 0 Å². The molecule has 0 aromatic heterocycles. The van der Waals surface area contributed by atoms with Gasteiger partial charge in [0.15, 0.2) is 0 Å². The first-order chi connectivity index (χ1) is 13.6. The fourth-order valence-corrected chi connectivity index (χ4v) is 3.85. The molecule has 0 N–H and O–H groups in total. The van der Waals surface area contributed by atoms with Crippen molar-refractivity contribution in [3.63, 3.8) is 0 Å². The summed E-state index contributed by atoms with van der Waals surface area (Å²) in [6.45, 7) is 5.55. The van der Waals surface area contributed by atoms with E-state index in [1.54, 1.807) is 12.1 Å². The molecule has 148 valence electrons. The third-order valence-electron chi connectivity index (χ3n) is 5.22. The summed E-state index contributed by atoms with van der Waals surface area (Å²) >= 11 is 0. The maximum absolute atomic E-state index is 13.1. The molecular weight excluding hydrogens is 354 g/mol. The fourth-order valence-electron chi connectivity index (χ4n) is 3.85. The Balaban J connectivity index is 1.71. The smallest absolute Gasteiger partial charge is 0.269 e. The summed E-state index contributed by atoms with van der Waals surface area (Å²) in [5.74, 6) is -0.0386. The molecule has 2 aromatic carbocycles. The van der Waals surface area contributed by atoms with E-state index in [1.165, 1.54) is 17.7 Å². The molecular formula is C22H27N3O3. The minimum atomic E-state index is -0.444. The SMILES string of the molecule is CCCN(C(=O)c1ccc([N+](=O)[O-])cc1)[C@H]1CCCN(Cc2ccccc2)C1. The second-order valence-corrected chi connectivity index (χ2v) is 7.32. The van der Waals surface area contributed by atoms with Gasteiger partial charge in [-0.05, 0) is 43.5 Å². The molecule has 0 bridgehead atoms. The first-order valence-corrected chi connectivity index (χ1v) is 9.90. The number of amides is 1. The Morgan fingerprint density at radius 1 is 1.18 bits per heavy atom. The van der Waals surface area contributed by atoms with Crippen molar-refractivity contribution in [3.8, 4) is 0 Å². The van der Waals surface area contributed by atoms with Gasteiger partial charge in [-0.15, -0.1) is 0 Å². The summed E-state index contributed by atoms with van der Waals surface area (Å²) in [6, 6.07) is 16.5. The van der Waals surface area contributed by atoms with Crippen LogP contribution in [-0.2, 0) is 6.54 Å². The van der Waals surface area contributed by atoms with Crippen LogP contribution in [0.5, 0.6) is 0 Å². The Labute approximate surface area is 165 Å². The van der Waals surface area contributed by atoms with Crippen molar-refractivity contribution < 1.29 is 9.72 Å². The van der Waals surface area contributed by atoms with Gasteiger partial charge in [0.25, 0.3) is 11.6 Å². The van der Waals surface area contributed by atoms with E-state index in [4.69, 9.17) is 0 Å². The summed E-state index contributed by atoms with van der Waals surface area (Å²) in [7, 11) is 0. The summed E-state index contributed by atoms with van der Waals surface area (Å²) < 4.78 is 0. The number of rotatable bonds is 7. The van der Waals surface area contributed by atoms with Crippen LogP contribution in [0.3, 0.4) is 0 Å². The van der Waals surface area contributed by atoms with Gasteiger partial charge in [0.1, 0.15) is 0 Å². The largest absolute Gasteiger partial charge is 0.334 e. The molecule has 0 spiro atoms. The molecule has 1 atom stereocenters. The van der Waals surface area contributed by atoms with Crippen molar-refractivity contribution in [3.05, 3.63) is 75.8 Å². The van der Waals surface area contributed by atoms with Crippen molar-refractivity contribution in [1.29, 1.82) is 0 Å². The number of hydrogen-bond acceptors (Lipinski definition) is 4. The minimum absolute atomic E-state index is 0.00490. The fraction of sp³-hybridized carbons (Fsp3) is 0.409. The number of benzene rings is 2. The lowest BCUT2D eigenvalue weighted by atomic mass is 10.0. The van der Waals surface area contributed by atoms with Gasteiger partial charge in [-0.3, -0.25) is 19.8 Å². The lowest BCUT2D eigenvalue weighted by molar-refractivity contribution is -0.384. The summed E-state index contributed by atoms with van der Waals surface area (Å²) in [6.07, 6.45) is 2.93. The highest BCUT2D eigenvalue weighted by Crippen LogP contribution is 2.21. The summed E-state index contributed by atoms with van der Waals surface area (Å²) in [4.78, 5) is 27.9. The highest BCUT2D eigenvalue weighted by Gasteiger charge is 2.29. The Kier molecular flexibility index (Phi) is 6.76. The van der Waals surface area contributed by atoms with Crippen LogP contribution in [0.2, 0.25) is 0 Å². The molecule has 1 aliphatic rings. The summed E-state index contributed by atoms with van der Waals surface area (Å²) in [5.41, 5.74) is 1.80. The van der Waals surface area contributed by atoms with E-state index in [1.807, 2.05) is 11.0 Å². The number of carbonyl (C=O) groups excluding carboxylic acids is 1. The lowest BCUT2D eigenvalue weighted by Gasteiger charge is -2.39. The maximum atomic E-state index is 13.1. The Bertz CT molecular complexity index is 792. The van der Waals surface area contributed by atoms with Crippen LogP contribution >= 0.6 is 0 Å². The molecule has 0 aliphatic carbocycles. The Morgan fingerprint density at radius 2 is 1.89 bits per heavy atom. The predicted octanol–water partition coefficient (Wildman–Crippen LogP) is 4.11. The van der Waals surface area contributed by atoms with Crippen molar-refractivity contribution in [2.75, 3.05) is 19.6 Å². The molecule has 0 radical (unpaired) electrons. The van der Waals surface area contributed by atoms with E-state index in [2.05, 4.69) is 36.1 Å². The molecule has 1 saturated heterocycles. The molecule has 0 saturated carbocycles. The van der Waals surface area contributed by atoms with Crippen LogP contribution in [0, 0.1) is 10.1 Å². The van der Waals surface area contributed by atoms with Crippen LogP contribution in [0.25, 0.3) is 0 Å². The number of nitro benzene ring substituents is 1. The van der Waals surface area contributed by atoms with E-state index in [0.717, 1.165) is 38.9 Å². The molecule has 2 aromatic rings. The predicted molar refractivity (Wildman–Crippen MR) is 109 cm³/mol. The molecule has 3 rings (SSSR count). The normalized spacial score (nSPS) is 17.2. The number of nitro groups is 1. The van der Waals surface area contributed by atoms with Crippen LogP contribution in [-0.4, -0.2) is 46.3 Å². The molecule has 1 heterocycles. The highest BCUT2D eigenvalue weighted by molar-refractivity contribution is 5.94. The van der Waals surface area contributed by atoms with E-state index in [0.29, 0.717) is 12.1 Å². The molecule has 6 nitrogen and oxygen atoms in total. The number of non-ortho nitro benzene ring substituents is 1. The molecule has 1 amide bonds. The Morgan fingerprint density at radius 3 is 2.54 bits per heavy atom. The highest BCUT2D eigenvalue weighted by atomic mass is 16.6. The topological polar surface area (TPSA) is 66.7 Å². The zero-order valence-electron chi connectivity index (χ0n) is 16.3. The molecule has 0 unspecified atom stereocenters. The standard InChI is InChI=1S/C22H27N3O3/c1-2-14-24(22(26)19-10-12-20(13-11-19)25(27)28)21-9-6-15-23(17-21)16-18-7-4-3-5-8-18/h3-5,7-8,10-13,21H,2,6,9,14-17H2,1H3/t21-/m0/s1. The van der Waals surface area contributed by atoms with Gasteiger partial charge < -0.3 is 4.90 Å². The average Bonchev–Trinajstić information content (AvgIpc) is 2.72. The number of hydrogen-bond donors (Lipinski definition) is 0. The van der Waals surface area contributed by atoms with Crippen molar-refractivity contribution in [1.82, 2.24) is 9.80 Å². The van der Waals surface area contributed by atoms with E-state index in [-0.39, 0.29) is 17.6 Å². The number of likely N-dealkylation sites (tertiary alicyclic amines) is 1. The van der Waals surface area contributed by atoms with Crippen LogP contribution in [0.1, 0.15) is 42.1 Å². The van der Waals surface area contributed by atoms with Gasteiger partial charge in [-0.25, -0.2) is 0 Å². The van der Waals surface area contributed by atoms with Crippen molar-refractivity contribution in [2.24, 2.45) is 0 Å². The lowest BCUT2D eigenvalue weighted by Crippen LogP contribution is -2.50. The van der Waals surface area contributed by atoms with Gasteiger partial charge in [0, 0.05) is 43.4 Å². The number of nitrogens with zero attached hydrogens (tertiary/aromatic N) is 3. The maximum Gasteiger partial charge on any atom is 0.269 e. The zero-order chi connectivity index (χ0) is 19.9. The van der Waals surface area contributed by atoms with Gasteiger partial charge in [0.2, 0.25) is 0 Å². The third kappa shape index (κ3) is 4.95. The van der Waals surface area contributed by atoms with Crippen LogP contribution < -0.4 is 0 Å². The minimum Gasteiger partial charge on any atom is -0.334 e. The first-order valence-electron chi connectivity index (χ1n) is 9.90. The van der Waals surface area contributed by atoms with Crippen molar-refractivity contribution in [2.45, 2.75) is 38.8 Å². The molecule has 6 heteroatoms. The van der Waals surface area contributed by atoms with Gasteiger partial charge >= 0.3 is 0 Å². The van der Waals surface area contributed by atoms with Crippen LogP contribution in [0.4, 0.5) is 5.69 Å². The molecule has 1 fully saturated rings. The molecule has 1 aliphatic heterocycles. The van der Waals surface area contributed by atoms with Crippen molar-refractivity contribution >= 4 is 11.6 Å². The second kappa shape index (κ2) is 9.46. The van der Waals surface area contributed by atoms with Gasteiger partial charge in [-0.1, -0.05) is 37.3 Å². The van der Waals surface area contributed by atoms with Gasteiger partial charge in [0.05, 0.1) is 4.92 Å². The van der Waals surface area contributed by atoms with Crippen LogP contribution in [0.15, 0.2) is 54.6 Å². The quantitative estimate of drug-likeness (QED) is 0.535. The van der Waals surface area contributed by atoms with E-state index < -0.39 is 4.92 Å². The average molecular weight is 381 g/mol. The third-order valence-corrected chi connectivity index (χ3v) is 5.22. The first kappa shape index (κ1) is 20.0. The number of piperidine rings is 1. The number of carbonyl (C=O) groups is 1.